The molecular formula is C29H32N2O3. The minimum Gasteiger partial charge on any atom is -0.490 e. The van der Waals surface area contributed by atoms with E-state index in [0.717, 1.165) is 60.2 Å². The maximum Gasteiger partial charge on any atom is 0.165 e. The number of morpholine rings is 1. The molecule has 0 unspecified atom stereocenters. The van der Waals surface area contributed by atoms with Crippen LogP contribution < -0.4 is 14.4 Å². The number of benzene rings is 3. The quantitative estimate of drug-likeness (QED) is 0.278. The molecule has 0 amide bonds. The third kappa shape index (κ3) is 6.27. The van der Waals surface area contributed by atoms with Gasteiger partial charge in [-0.05, 0) is 60.9 Å². The Labute approximate surface area is 202 Å². The average molecular weight is 457 g/mol. The first-order valence-electron chi connectivity index (χ1n) is 11.8. The average Bonchev–Trinajstić information content (AvgIpc) is 2.89. The molecule has 0 atom stereocenters. The lowest BCUT2D eigenvalue weighted by Crippen LogP contribution is -2.36. The van der Waals surface area contributed by atoms with E-state index in [1.165, 1.54) is 5.69 Å². The molecule has 0 saturated carbocycles. The Balaban J connectivity index is 1.53. The molecule has 1 fully saturated rings. The van der Waals surface area contributed by atoms with Gasteiger partial charge in [-0.1, -0.05) is 36.4 Å². The standard InChI is InChI=1S/C29H32N2O3/c1-3-8-25-19-24(20-28(33-4-2)29(25)34-22-23-9-6-5-7-10-23)21-30-26-11-13-27(14-12-26)31-15-17-32-18-16-31/h3,5-7,9-14,19-21H,1,4,8,15-18,22H2,2H3. The molecule has 5 heteroatoms. The van der Waals surface area contributed by atoms with Crippen LogP contribution in [0.1, 0.15) is 23.6 Å². The maximum atomic E-state index is 6.22. The second-order valence-electron chi connectivity index (χ2n) is 8.08. The number of ether oxygens (including phenoxy) is 3. The van der Waals surface area contributed by atoms with E-state index in [2.05, 4.69) is 41.8 Å². The van der Waals surface area contributed by atoms with E-state index in [0.29, 0.717) is 19.6 Å². The number of aliphatic imine (C=N–C) groups is 1. The van der Waals surface area contributed by atoms with E-state index < -0.39 is 0 Å². The van der Waals surface area contributed by atoms with E-state index in [9.17, 15) is 0 Å². The van der Waals surface area contributed by atoms with Gasteiger partial charge in [0.15, 0.2) is 11.5 Å². The molecule has 34 heavy (non-hydrogen) atoms. The first-order valence-corrected chi connectivity index (χ1v) is 11.8. The molecule has 5 nitrogen and oxygen atoms in total. The second-order valence-corrected chi connectivity index (χ2v) is 8.08. The van der Waals surface area contributed by atoms with Crippen molar-refractivity contribution in [1.82, 2.24) is 0 Å². The van der Waals surface area contributed by atoms with Crippen molar-refractivity contribution in [3.8, 4) is 11.5 Å². The Kier molecular flexibility index (Phi) is 8.36. The van der Waals surface area contributed by atoms with Crippen LogP contribution in [0.4, 0.5) is 11.4 Å². The normalized spacial score (nSPS) is 13.7. The molecule has 0 radical (unpaired) electrons. The Morgan fingerprint density at radius 1 is 1.00 bits per heavy atom. The Bertz CT molecular complexity index is 1090. The third-order valence-corrected chi connectivity index (χ3v) is 5.63. The molecule has 1 heterocycles. The maximum absolute atomic E-state index is 6.22. The Morgan fingerprint density at radius 3 is 2.47 bits per heavy atom. The minimum atomic E-state index is 0.480. The lowest BCUT2D eigenvalue weighted by atomic mass is 10.1. The monoisotopic (exact) mass is 456 g/mol. The summed E-state index contributed by atoms with van der Waals surface area (Å²) in [6.45, 7) is 10.3. The molecule has 0 aliphatic carbocycles. The van der Waals surface area contributed by atoms with Gasteiger partial charge >= 0.3 is 0 Å². The van der Waals surface area contributed by atoms with E-state index in [1.807, 2.05) is 55.6 Å². The molecule has 0 aromatic heterocycles. The SMILES string of the molecule is C=CCc1cc(C=Nc2ccc(N3CCOCC3)cc2)cc(OCC)c1OCc1ccccc1. The highest BCUT2D eigenvalue weighted by Gasteiger charge is 2.14. The van der Waals surface area contributed by atoms with Gasteiger partial charge in [-0.15, -0.1) is 6.58 Å². The molecule has 176 valence electrons. The highest BCUT2D eigenvalue weighted by atomic mass is 16.5. The van der Waals surface area contributed by atoms with Crippen LogP contribution in [0.5, 0.6) is 11.5 Å². The van der Waals surface area contributed by atoms with E-state index in [-0.39, 0.29) is 0 Å². The number of hydrogen-bond donors (Lipinski definition) is 0. The van der Waals surface area contributed by atoms with E-state index in [1.54, 1.807) is 0 Å². The van der Waals surface area contributed by atoms with Crippen LogP contribution in [0, 0.1) is 0 Å². The molecule has 4 rings (SSSR count). The van der Waals surface area contributed by atoms with Crippen molar-refractivity contribution < 1.29 is 14.2 Å². The number of rotatable bonds is 10. The second kappa shape index (κ2) is 12.1. The van der Waals surface area contributed by atoms with Crippen molar-refractivity contribution in [3.05, 3.63) is 96.1 Å². The summed E-state index contributed by atoms with van der Waals surface area (Å²) in [5.41, 5.74) is 5.21. The molecule has 0 N–H and O–H groups in total. The van der Waals surface area contributed by atoms with Crippen molar-refractivity contribution in [1.29, 1.82) is 0 Å². The summed E-state index contributed by atoms with van der Waals surface area (Å²) in [6.07, 6.45) is 4.44. The zero-order chi connectivity index (χ0) is 23.6. The number of allylic oxidation sites excluding steroid dienone is 1. The van der Waals surface area contributed by atoms with Gasteiger partial charge in [0.05, 0.1) is 25.5 Å². The fourth-order valence-corrected chi connectivity index (χ4v) is 3.94. The number of hydrogen-bond acceptors (Lipinski definition) is 5. The first kappa shape index (κ1) is 23.6. The smallest absolute Gasteiger partial charge is 0.165 e. The summed E-state index contributed by atoms with van der Waals surface area (Å²) in [7, 11) is 0. The fourth-order valence-electron chi connectivity index (χ4n) is 3.94. The van der Waals surface area contributed by atoms with Crippen molar-refractivity contribution in [2.75, 3.05) is 37.8 Å². The van der Waals surface area contributed by atoms with Gasteiger partial charge in [0.1, 0.15) is 6.61 Å². The van der Waals surface area contributed by atoms with Gasteiger partial charge in [0.2, 0.25) is 0 Å². The highest BCUT2D eigenvalue weighted by molar-refractivity contribution is 5.84. The summed E-state index contributed by atoms with van der Waals surface area (Å²) in [4.78, 5) is 7.03. The molecule has 1 aliphatic heterocycles. The zero-order valence-electron chi connectivity index (χ0n) is 19.8. The van der Waals surface area contributed by atoms with Gasteiger partial charge in [0, 0.05) is 30.6 Å². The zero-order valence-corrected chi connectivity index (χ0v) is 19.8. The molecule has 3 aromatic carbocycles. The molecule has 0 bridgehead atoms. The number of anilines is 1. The van der Waals surface area contributed by atoms with Crippen LogP contribution in [-0.4, -0.2) is 39.1 Å². The molecule has 0 spiro atoms. The van der Waals surface area contributed by atoms with E-state index in [4.69, 9.17) is 19.2 Å². The largest absolute Gasteiger partial charge is 0.490 e. The summed E-state index contributed by atoms with van der Waals surface area (Å²) in [5, 5.41) is 0. The fraction of sp³-hybridized carbons (Fsp3) is 0.276. The van der Waals surface area contributed by atoms with Crippen LogP contribution in [0.25, 0.3) is 0 Å². The molecule has 1 aliphatic rings. The summed E-state index contributed by atoms with van der Waals surface area (Å²) in [6, 6.07) is 22.6. The third-order valence-electron chi connectivity index (χ3n) is 5.63. The van der Waals surface area contributed by atoms with Gasteiger partial charge in [-0.2, -0.15) is 0 Å². The lowest BCUT2D eigenvalue weighted by Gasteiger charge is -2.28. The van der Waals surface area contributed by atoms with Gasteiger partial charge < -0.3 is 19.1 Å². The van der Waals surface area contributed by atoms with Crippen LogP contribution in [0.2, 0.25) is 0 Å². The molecule has 3 aromatic rings. The molecule has 1 saturated heterocycles. The predicted octanol–water partition coefficient (Wildman–Crippen LogP) is 5.98. The summed E-state index contributed by atoms with van der Waals surface area (Å²) >= 11 is 0. The summed E-state index contributed by atoms with van der Waals surface area (Å²) < 4.78 is 17.6. The first-order chi connectivity index (χ1) is 16.8. The van der Waals surface area contributed by atoms with Crippen molar-refractivity contribution >= 4 is 17.6 Å². The van der Waals surface area contributed by atoms with Crippen LogP contribution in [0.15, 0.2) is 84.4 Å². The van der Waals surface area contributed by atoms with Crippen molar-refractivity contribution in [3.63, 3.8) is 0 Å². The topological polar surface area (TPSA) is 43.3 Å². The Hall–Kier alpha value is -3.57. The van der Waals surface area contributed by atoms with Crippen LogP contribution in [0.3, 0.4) is 0 Å². The molecular weight excluding hydrogens is 424 g/mol. The lowest BCUT2D eigenvalue weighted by molar-refractivity contribution is 0.122. The van der Waals surface area contributed by atoms with Crippen LogP contribution in [-0.2, 0) is 17.8 Å². The minimum absolute atomic E-state index is 0.480. The van der Waals surface area contributed by atoms with Gasteiger partial charge in [-0.3, -0.25) is 4.99 Å². The highest BCUT2D eigenvalue weighted by Crippen LogP contribution is 2.34. The van der Waals surface area contributed by atoms with Gasteiger partial charge in [-0.25, -0.2) is 0 Å². The van der Waals surface area contributed by atoms with E-state index >= 15 is 0 Å². The predicted molar refractivity (Wildman–Crippen MR) is 139 cm³/mol. The van der Waals surface area contributed by atoms with Crippen molar-refractivity contribution in [2.45, 2.75) is 20.0 Å². The summed E-state index contributed by atoms with van der Waals surface area (Å²) in [5.74, 6) is 1.49. The number of nitrogens with zero attached hydrogens (tertiary/aromatic N) is 2. The Morgan fingerprint density at radius 2 is 1.76 bits per heavy atom. The van der Waals surface area contributed by atoms with Crippen molar-refractivity contribution in [2.24, 2.45) is 4.99 Å². The van der Waals surface area contributed by atoms with Gasteiger partial charge in [0.25, 0.3) is 0 Å². The van der Waals surface area contributed by atoms with Crippen LogP contribution >= 0.6 is 0 Å².